The molecule has 0 bridgehead atoms. The number of halogens is 1. The number of urea groups is 1. The third-order valence-electron chi connectivity index (χ3n) is 3.30. The monoisotopic (exact) mass is 328 g/mol. The van der Waals surface area contributed by atoms with Gasteiger partial charge < -0.3 is 9.73 Å². The SMILES string of the molecule is C=CCN1C(=O)N/C(=C\c2ccc(-c3cccc(Cl)c3)o2)C1=O. The van der Waals surface area contributed by atoms with Crippen LogP contribution in [0.5, 0.6) is 0 Å². The summed E-state index contributed by atoms with van der Waals surface area (Å²) < 4.78 is 5.69. The normalized spacial score (nSPS) is 16.0. The molecule has 2 aromatic rings. The van der Waals surface area contributed by atoms with Gasteiger partial charge in [-0.1, -0.05) is 29.8 Å². The van der Waals surface area contributed by atoms with E-state index in [1.54, 1.807) is 24.3 Å². The van der Waals surface area contributed by atoms with Crippen LogP contribution in [0, 0.1) is 0 Å². The zero-order valence-corrected chi connectivity index (χ0v) is 12.8. The fourth-order valence-corrected chi connectivity index (χ4v) is 2.43. The smallest absolute Gasteiger partial charge is 0.329 e. The molecule has 0 atom stereocenters. The topological polar surface area (TPSA) is 62.6 Å². The van der Waals surface area contributed by atoms with Gasteiger partial charge in [-0.05, 0) is 24.3 Å². The Hall–Kier alpha value is -2.79. The first kappa shape index (κ1) is 15.1. The maximum atomic E-state index is 12.1. The summed E-state index contributed by atoms with van der Waals surface area (Å²) in [6.45, 7) is 3.68. The molecule has 2 heterocycles. The van der Waals surface area contributed by atoms with Crippen molar-refractivity contribution >= 4 is 29.6 Å². The molecule has 0 spiro atoms. The van der Waals surface area contributed by atoms with Gasteiger partial charge in [0, 0.05) is 23.2 Å². The highest BCUT2D eigenvalue weighted by atomic mass is 35.5. The van der Waals surface area contributed by atoms with Crippen molar-refractivity contribution in [2.75, 3.05) is 6.54 Å². The average Bonchev–Trinajstić information content (AvgIpc) is 3.09. The number of furan rings is 1. The molecule has 116 valence electrons. The van der Waals surface area contributed by atoms with Crippen LogP contribution < -0.4 is 5.32 Å². The first-order valence-corrected chi connectivity index (χ1v) is 7.27. The van der Waals surface area contributed by atoms with Gasteiger partial charge in [-0.3, -0.25) is 9.69 Å². The first-order valence-electron chi connectivity index (χ1n) is 6.89. The molecule has 1 aromatic carbocycles. The third-order valence-corrected chi connectivity index (χ3v) is 3.53. The zero-order chi connectivity index (χ0) is 16.4. The number of carbonyl (C=O) groups is 2. The van der Waals surface area contributed by atoms with Gasteiger partial charge in [-0.15, -0.1) is 6.58 Å². The van der Waals surface area contributed by atoms with Crippen molar-refractivity contribution in [2.24, 2.45) is 0 Å². The number of imide groups is 1. The number of amides is 3. The van der Waals surface area contributed by atoms with Crippen LogP contribution in [0.4, 0.5) is 4.79 Å². The van der Waals surface area contributed by atoms with Gasteiger partial charge in [-0.25, -0.2) is 4.79 Å². The van der Waals surface area contributed by atoms with E-state index in [0.717, 1.165) is 10.5 Å². The highest BCUT2D eigenvalue weighted by Crippen LogP contribution is 2.26. The molecule has 3 amide bonds. The second kappa shape index (κ2) is 6.14. The quantitative estimate of drug-likeness (QED) is 0.529. The fourth-order valence-electron chi connectivity index (χ4n) is 2.24. The van der Waals surface area contributed by atoms with Crippen LogP contribution in [0.3, 0.4) is 0 Å². The highest BCUT2D eigenvalue weighted by molar-refractivity contribution is 6.30. The number of nitrogens with zero attached hydrogens (tertiary/aromatic N) is 1. The van der Waals surface area contributed by atoms with Gasteiger partial charge in [0.1, 0.15) is 17.2 Å². The summed E-state index contributed by atoms with van der Waals surface area (Å²) in [6.07, 6.45) is 2.99. The van der Waals surface area contributed by atoms with Crippen LogP contribution in [-0.4, -0.2) is 23.4 Å². The Morgan fingerprint density at radius 2 is 2.09 bits per heavy atom. The Labute approximate surface area is 137 Å². The molecule has 1 aliphatic rings. The van der Waals surface area contributed by atoms with E-state index < -0.39 is 11.9 Å². The first-order chi connectivity index (χ1) is 11.1. The summed E-state index contributed by atoms with van der Waals surface area (Å²) in [5, 5.41) is 3.12. The molecule has 1 aromatic heterocycles. The summed E-state index contributed by atoms with van der Waals surface area (Å²) in [5.41, 5.74) is 1.00. The van der Waals surface area contributed by atoms with Crippen molar-refractivity contribution in [1.29, 1.82) is 0 Å². The van der Waals surface area contributed by atoms with E-state index >= 15 is 0 Å². The standard InChI is InChI=1S/C17H13ClN2O3/c1-2-8-20-16(21)14(19-17(20)22)10-13-6-7-15(23-13)11-4-3-5-12(18)9-11/h2-7,9-10H,1,8H2,(H,19,22)/b14-10-. The highest BCUT2D eigenvalue weighted by Gasteiger charge is 2.32. The summed E-state index contributed by atoms with van der Waals surface area (Å²) in [6, 6.07) is 10.3. The fraction of sp³-hybridized carbons (Fsp3) is 0.0588. The molecule has 1 N–H and O–H groups in total. The van der Waals surface area contributed by atoms with E-state index in [2.05, 4.69) is 11.9 Å². The molecule has 6 heteroatoms. The van der Waals surface area contributed by atoms with Crippen LogP contribution in [0.15, 0.2) is 59.2 Å². The number of rotatable bonds is 4. The van der Waals surface area contributed by atoms with Gasteiger partial charge in [0.15, 0.2) is 0 Å². The minimum Gasteiger partial charge on any atom is -0.457 e. The zero-order valence-electron chi connectivity index (χ0n) is 12.1. The number of hydrogen-bond acceptors (Lipinski definition) is 3. The van der Waals surface area contributed by atoms with E-state index in [0.29, 0.717) is 16.5 Å². The molecule has 0 radical (unpaired) electrons. The lowest BCUT2D eigenvalue weighted by molar-refractivity contribution is -0.122. The Morgan fingerprint density at radius 1 is 1.26 bits per heavy atom. The number of nitrogens with one attached hydrogen (secondary N) is 1. The molecule has 23 heavy (non-hydrogen) atoms. The third kappa shape index (κ3) is 3.05. The van der Waals surface area contributed by atoms with E-state index in [-0.39, 0.29) is 12.2 Å². The van der Waals surface area contributed by atoms with Crippen LogP contribution in [0.2, 0.25) is 5.02 Å². The lowest BCUT2D eigenvalue weighted by atomic mass is 10.2. The summed E-state index contributed by atoms with van der Waals surface area (Å²) in [5.74, 6) is 0.679. The second-order valence-corrected chi connectivity index (χ2v) is 5.34. The van der Waals surface area contributed by atoms with Crippen molar-refractivity contribution in [3.63, 3.8) is 0 Å². The Morgan fingerprint density at radius 3 is 2.83 bits per heavy atom. The lowest BCUT2D eigenvalue weighted by Crippen LogP contribution is -2.30. The average molecular weight is 329 g/mol. The molecule has 1 saturated heterocycles. The van der Waals surface area contributed by atoms with Crippen LogP contribution in [0.25, 0.3) is 17.4 Å². The Kier molecular flexibility index (Phi) is 4.04. The summed E-state index contributed by atoms with van der Waals surface area (Å²) >= 11 is 5.96. The minimum atomic E-state index is -0.470. The molecule has 3 rings (SSSR count). The van der Waals surface area contributed by atoms with Crippen molar-refractivity contribution in [1.82, 2.24) is 10.2 Å². The predicted molar refractivity (Wildman–Crippen MR) is 87.6 cm³/mol. The van der Waals surface area contributed by atoms with Gasteiger partial charge in [0.2, 0.25) is 0 Å². The van der Waals surface area contributed by atoms with E-state index in [4.69, 9.17) is 16.0 Å². The van der Waals surface area contributed by atoms with E-state index in [1.807, 2.05) is 12.1 Å². The number of benzene rings is 1. The minimum absolute atomic E-state index is 0.161. The van der Waals surface area contributed by atoms with Crippen molar-refractivity contribution < 1.29 is 14.0 Å². The number of hydrogen-bond donors (Lipinski definition) is 1. The molecule has 0 aliphatic carbocycles. The van der Waals surface area contributed by atoms with Gasteiger partial charge in [0.25, 0.3) is 5.91 Å². The molecule has 0 unspecified atom stereocenters. The second-order valence-electron chi connectivity index (χ2n) is 4.90. The van der Waals surface area contributed by atoms with Crippen LogP contribution in [0.1, 0.15) is 5.76 Å². The molecular weight excluding hydrogens is 316 g/mol. The van der Waals surface area contributed by atoms with Gasteiger partial charge in [0.05, 0.1) is 0 Å². The van der Waals surface area contributed by atoms with Gasteiger partial charge in [-0.2, -0.15) is 0 Å². The van der Waals surface area contributed by atoms with Gasteiger partial charge >= 0.3 is 6.03 Å². The molecular formula is C17H13ClN2O3. The largest absolute Gasteiger partial charge is 0.457 e. The number of carbonyl (C=O) groups excluding carboxylic acids is 2. The van der Waals surface area contributed by atoms with Crippen molar-refractivity contribution in [2.45, 2.75) is 0 Å². The summed E-state index contributed by atoms with van der Waals surface area (Å²) in [4.78, 5) is 24.9. The molecule has 1 aliphatic heterocycles. The molecule has 1 fully saturated rings. The maximum absolute atomic E-state index is 12.1. The molecule has 5 nitrogen and oxygen atoms in total. The Balaban J connectivity index is 1.85. The lowest BCUT2D eigenvalue weighted by Gasteiger charge is -2.06. The summed E-state index contributed by atoms with van der Waals surface area (Å²) in [7, 11) is 0. The van der Waals surface area contributed by atoms with E-state index in [9.17, 15) is 9.59 Å². The Bertz CT molecular complexity index is 823. The maximum Gasteiger partial charge on any atom is 0.329 e. The molecule has 0 saturated carbocycles. The van der Waals surface area contributed by atoms with Crippen molar-refractivity contribution in [3.8, 4) is 11.3 Å². The van der Waals surface area contributed by atoms with E-state index in [1.165, 1.54) is 12.2 Å². The predicted octanol–water partition coefficient (Wildman–Crippen LogP) is 3.68. The van der Waals surface area contributed by atoms with Crippen LogP contribution >= 0.6 is 11.6 Å². The van der Waals surface area contributed by atoms with Crippen LogP contribution in [-0.2, 0) is 4.79 Å². The van der Waals surface area contributed by atoms with Crippen molar-refractivity contribution in [3.05, 3.63) is 65.5 Å².